The first kappa shape index (κ1) is 15.8. The summed E-state index contributed by atoms with van der Waals surface area (Å²) in [5, 5.41) is 13.8. The van der Waals surface area contributed by atoms with Gasteiger partial charge in [0.15, 0.2) is 5.82 Å². The van der Waals surface area contributed by atoms with Crippen molar-refractivity contribution in [3.63, 3.8) is 0 Å². The van der Waals surface area contributed by atoms with Crippen LogP contribution >= 0.6 is 0 Å². The fourth-order valence-corrected chi connectivity index (χ4v) is 2.42. The molecule has 0 amide bonds. The Hall–Kier alpha value is -3.06. The van der Waals surface area contributed by atoms with Crippen molar-refractivity contribution >= 4 is 5.97 Å². The number of carboxylic acids is 1. The molecule has 1 N–H and O–H groups in total. The molecular formula is C17H16N4O3. The predicted octanol–water partition coefficient (Wildman–Crippen LogP) is 2.48. The molecular weight excluding hydrogens is 308 g/mol. The number of pyridine rings is 1. The Labute approximate surface area is 138 Å². The highest BCUT2D eigenvalue weighted by molar-refractivity contribution is 5.92. The number of para-hydroxylation sites is 1. The van der Waals surface area contributed by atoms with Crippen LogP contribution in [0.5, 0.6) is 0 Å². The number of methoxy groups -OCH3 is 1. The average Bonchev–Trinajstić information content (AvgIpc) is 2.97. The topological polar surface area (TPSA) is 90.1 Å². The molecule has 0 radical (unpaired) electrons. The van der Waals surface area contributed by atoms with E-state index in [1.807, 2.05) is 18.2 Å². The Morgan fingerprint density at radius 2 is 1.96 bits per heavy atom. The Morgan fingerprint density at radius 3 is 2.71 bits per heavy atom. The van der Waals surface area contributed by atoms with E-state index in [2.05, 4.69) is 15.1 Å². The monoisotopic (exact) mass is 324 g/mol. The van der Waals surface area contributed by atoms with Crippen molar-refractivity contribution in [3.8, 4) is 17.2 Å². The van der Waals surface area contributed by atoms with Crippen LogP contribution in [0.3, 0.4) is 0 Å². The van der Waals surface area contributed by atoms with Crippen molar-refractivity contribution in [2.75, 3.05) is 7.11 Å². The van der Waals surface area contributed by atoms with E-state index in [1.165, 1.54) is 10.7 Å². The van der Waals surface area contributed by atoms with Crippen molar-refractivity contribution in [2.24, 2.45) is 0 Å². The van der Waals surface area contributed by atoms with Crippen LogP contribution in [-0.2, 0) is 11.3 Å². The lowest BCUT2D eigenvalue weighted by atomic mass is 10.2. The van der Waals surface area contributed by atoms with Gasteiger partial charge in [0.05, 0.1) is 23.6 Å². The van der Waals surface area contributed by atoms with Crippen LogP contribution in [0.2, 0.25) is 0 Å². The minimum absolute atomic E-state index is 0.150. The fourth-order valence-electron chi connectivity index (χ4n) is 2.42. The van der Waals surface area contributed by atoms with Gasteiger partial charge in [0.2, 0.25) is 0 Å². The van der Waals surface area contributed by atoms with Crippen LogP contribution in [0, 0.1) is 6.92 Å². The normalized spacial score (nSPS) is 10.8. The van der Waals surface area contributed by atoms with Crippen LogP contribution < -0.4 is 0 Å². The highest BCUT2D eigenvalue weighted by atomic mass is 16.5. The summed E-state index contributed by atoms with van der Waals surface area (Å²) < 4.78 is 6.62. The third-order valence-electron chi connectivity index (χ3n) is 3.40. The molecule has 0 aliphatic carbocycles. The van der Waals surface area contributed by atoms with E-state index >= 15 is 0 Å². The van der Waals surface area contributed by atoms with Crippen molar-refractivity contribution in [1.29, 1.82) is 0 Å². The molecule has 0 aliphatic heterocycles. The van der Waals surface area contributed by atoms with Crippen LogP contribution in [0.1, 0.15) is 21.9 Å². The van der Waals surface area contributed by atoms with Gasteiger partial charge in [0.1, 0.15) is 11.5 Å². The quantitative estimate of drug-likeness (QED) is 0.775. The molecule has 24 heavy (non-hydrogen) atoms. The highest BCUT2D eigenvalue weighted by Crippen LogP contribution is 2.22. The summed E-state index contributed by atoms with van der Waals surface area (Å²) in [5.41, 5.74) is 1.95. The molecule has 0 bridgehead atoms. The first-order valence-electron chi connectivity index (χ1n) is 7.31. The Balaban J connectivity index is 2.16. The second-order valence-corrected chi connectivity index (χ2v) is 5.16. The molecule has 7 nitrogen and oxygen atoms in total. The zero-order valence-corrected chi connectivity index (χ0v) is 13.3. The number of carbonyl (C=O) groups is 1. The van der Waals surface area contributed by atoms with Gasteiger partial charge in [-0.25, -0.2) is 19.4 Å². The molecule has 7 heteroatoms. The lowest BCUT2D eigenvalue weighted by Gasteiger charge is -2.09. The lowest BCUT2D eigenvalue weighted by Crippen LogP contribution is -2.08. The average molecular weight is 324 g/mol. The molecule has 122 valence electrons. The Kier molecular flexibility index (Phi) is 4.35. The summed E-state index contributed by atoms with van der Waals surface area (Å²) in [5.74, 6) is -0.00548. The maximum Gasteiger partial charge on any atom is 0.337 e. The molecule has 2 aromatic heterocycles. The number of rotatable bonds is 5. The molecule has 2 heterocycles. The summed E-state index contributed by atoms with van der Waals surface area (Å²) in [6.07, 6.45) is 0. The zero-order valence-electron chi connectivity index (χ0n) is 13.3. The van der Waals surface area contributed by atoms with E-state index in [1.54, 1.807) is 32.2 Å². The maximum absolute atomic E-state index is 11.5. The molecule has 0 aliphatic rings. The number of hydrogen-bond acceptors (Lipinski definition) is 5. The maximum atomic E-state index is 11.5. The van der Waals surface area contributed by atoms with Gasteiger partial charge in [-0.3, -0.25) is 0 Å². The second-order valence-electron chi connectivity index (χ2n) is 5.16. The Bertz CT molecular complexity index is 889. The van der Waals surface area contributed by atoms with Gasteiger partial charge < -0.3 is 9.84 Å². The SMILES string of the molecule is COCc1cccc(-c2nc(C)nn2-c2ccccc2C(=O)O)n1. The van der Waals surface area contributed by atoms with E-state index in [0.29, 0.717) is 29.6 Å². The number of aryl methyl sites for hydroxylation is 1. The molecule has 0 spiro atoms. The van der Waals surface area contributed by atoms with Crippen molar-refractivity contribution in [2.45, 2.75) is 13.5 Å². The van der Waals surface area contributed by atoms with Crippen molar-refractivity contribution in [1.82, 2.24) is 19.7 Å². The number of benzene rings is 1. The third kappa shape index (κ3) is 3.02. The van der Waals surface area contributed by atoms with Gasteiger partial charge in [-0.05, 0) is 31.2 Å². The molecule has 3 rings (SSSR count). The number of nitrogens with zero attached hydrogens (tertiary/aromatic N) is 4. The van der Waals surface area contributed by atoms with E-state index in [-0.39, 0.29) is 5.56 Å². The number of ether oxygens (including phenoxy) is 1. The third-order valence-corrected chi connectivity index (χ3v) is 3.40. The molecule has 3 aromatic rings. The van der Waals surface area contributed by atoms with Gasteiger partial charge in [-0.2, -0.15) is 5.10 Å². The number of hydrogen-bond donors (Lipinski definition) is 1. The summed E-state index contributed by atoms with van der Waals surface area (Å²) in [4.78, 5) is 20.4. The standard InChI is InChI=1S/C17H16N4O3/c1-11-18-16(14-8-5-6-12(19-14)10-24-2)21(20-11)15-9-4-3-7-13(15)17(22)23/h3-9H,10H2,1-2H3,(H,22,23). The van der Waals surface area contributed by atoms with Crippen molar-refractivity contribution < 1.29 is 14.6 Å². The van der Waals surface area contributed by atoms with Crippen LogP contribution in [0.4, 0.5) is 0 Å². The van der Waals surface area contributed by atoms with Gasteiger partial charge in [-0.1, -0.05) is 18.2 Å². The minimum atomic E-state index is -1.02. The summed E-state index contributed by atoms with van der Waals surface area (Å²) in [7, 11) is 1.60. The first-order chi connectivity index (χ1) is 11.6. The largest absolute Gasteiger partial charge is 0.478 e. The lowest BCUT2D eigenvalue weighted by molar-refractivity contribution is 0.0696. The van der Waals surface area contributed by atoms with Gasteiger partial charge in [-0.15, -0.1) is 0 Å². The molecule has 0 fully saturated rings. The van der Waals surface area contributed by atoms with E-state index in [0.717, 1.165) is 5.69 Å². The summed E-state index contributed by atoms with van der Waals surface area (Å²) in [6.45, 7) is 2.13. The Morgan fingerprint density at radius 1 is 1.17 bits per heavy atom. The molecule has 0 saturated carbocycles. The number of aromatic nitrogens is 4. The second kappa shape index (κ2) is 6.59. The van der Waals surface area contributed by atoms with Crippen LogP contribution in [0.15, 0.2) is 42.5 Å². The number of carboxylic acid groups (broad SMARTS) is 1. The fraction of sp³-hybridized carbons (Fsp3) is 0.176. The zero-order chi connectivity index (χ0) is 17.1. The van der Waals surface area contributed by atoms with Gasteiger partial charge >= 0.3 is 5.97 Å². The van der Waals surface area contributed by atoms with Crippen LogP contribution in [-0.4, -0.2) is 37.9 Å². The summed E-state index contributed by atoms with van der Waals surface area (Å²) in [6, 6.07) is 12.2. The van der Waals surface area contributed by atoms with E-state index < -0.39 is 5.97 Å². The van der Waals surface area contributed by atoms with Gasteiger partial charge in [0.25, 0.3) is 0 Å². The van der Waals surface area contributed by atoms with E-state index in [4.69, 9.17) is 4.74 Å². The van der Waals surface area contributed by atoms with Crippen molar-refractivity contribution in [3.05, 3.63) is 59.5 Å². The molecule has 1 aromatic carbocycles. The highest BCUT2D eigenvalue weighted by Gasteiger charge is 2.18. The smallest absolute Gasteiger partial charge is 0.337 e. The van der Waals surface area contributed by atoms with Gasteiger partial charge in [0, 0.05) is 7.11 Å². The minimum Gasteiger partial charge on any atom is -0.478 e. The van der Waals surface area contributed by atoms with E-state index in [9.17, 15) is 9.90 Å². The molecule has 0 saturated heterocycles. The molecule has 0 unspecified atom stereocenters. The summed E-state index contributed by atoms with van der Waals surface area (Å²) >= 11 is 0. The first-order valence-corrected chi connectivity index (χ1v) is 7.31. The van der Waals surface area contributed by atoms with Crippen LogP contribution in [0.25, 0.3) is 17.2 Å². The predicted molar refractivity (Wildman–Crippen MR) is 87.0 cm³/mol. The number of aromatic carboxylic acids is 1. The molecule has 0 atom stereocenters.